The molecule has 5 nitrogen and oxygen atoms in total. The Kier molecular flexibility index (Phi) is 5.03. The summed E-state index contributed by atoms with van der Waals surface area (Å²) >= 11 is 0. The number of benzene rings is 2. The summed E-state index contributed by atoms with van der Waals surface area (Å²) in [7, 11) is 0. The van der Waals surface area contributed by atoms with Gasteiger partial charge in [0.2, 0.25) is 5.91 Å². The predicted octanol–water partition coefficient (Wildman–Crippen LogP) is 3.71. The van der Waals surface area contributed by atoms with Crippen molar-refractivity contribution in [3.05, 3.63) is 53.6 Å². The second-order valence-electron chi connectivity index (χ2n) is 6.48. The molecule has 2 aromatic carbocycles. The lowest BCUT2D eigenvalue weighted by Gasteiger charge is -2.17. The maximum absolute atomic E-state index is 12.1. The van der Waals surface area contributed by atoms with Crippen molar-refractivity contribution in [1.29, 1.82) is 0 Å². The Bertz CT molecular complexity index is 799. The Morgan fingerprint density at radius 3 is 2.84 bits per heavy atom. The summed E-state index contributed by atoms with van der Waals surface area (Å²) in [6.45, 7) is 4.17. The zero-order valence-corrected chi connectivity index (χ0v) is 14.5. The van der Waals surface area contributed by atoms with Gasteiger partial charge in [0.1, 0.15) is 5.75 Å². The number of anilines is 2. The Morgan fingerprint density at radius 2 is 2.04 bits per heavy atom. The monoisotopic (exact) mass is 338 g/mol. The molecule has 0 atom stereocenters. The normalized spacial score (nSPS) is 13.2. The van der Waals surface area contributed by atoms with E-state index in [0.717, 1.165) is 16.9 Å². The fraction of sp³-hybridized carbons (Fsp3) is 0.300. The van der Waals surface area contributed by atoms with Gasteiger partial charge in [0.25, 0.3) is 5.91 Å². The molecule has 2 N–H and O–H groups in total. The average molecular weight is 338 g/mol. The molecule has 1 aliphatic rings. The predicted molar refractivity (Wildman–Crippen MR) is 98.0 cm³/mol. The second kappa shape index (κ2) is 7.38. The SMILES string of the molecule is CC(C)c1cccc(NC(=O)COc2ccc3c(c2)CCC(=O)N3)c1. The van der Waals surface area contributed by atoms with Gasteiger partial charge in [-0.25, -0.2) is 0 Å². The molecule has 0 aromatic heterocycles. The Balaban J connectivity index is 1.57. The van der Waals surface area contributed by atoms with Gasteiger partial charge in [-0.2, -0.15) is 0 Å². The highest BCUT2D eigenvalue weighted by atomic mass is 16.5. The van der Waals surface area contributed by atoms with Crippen LogP contribution in [0.3, 0.4) is 0 Å². The van der Waals surface area contributed by atoms with Crippen LogP contribution in [0.15, 0.2) is 42.5 Å². The highest BCUT2D eigenvalue weighted by molar-refractivity contribution is 5.94. The number of ether oxygens (including phenoxy) is 1. The van der Waals surface area contributed by atoms with Crippen LogP contribution in [-0.2, 0) is 16.0 Å². The molecule has 0 aliphatic carbocycles. The Morgan fingerprint density at radius 1 is 1.20 bits per heavy atom. The smallest absolute Gasteiger partial charge is 0.262 e. The van der Waals surface area contributed by atoms with E-state index < -0.39 is 0 Å². The van der Waals surface area contributed by atoms with Gasteiger partial charge in [-0.05, 0) is 53.8 Å². The van der Waals surface area contributed by atoms with Gasteiger partial charge in [0, 0.05) is 17.8 Å². The first kappa shape index (κ1) is 17.0. The van der Waals surface area contributed by atoms with Crippen molar-refractivity contribution < 1.29 is 14.3 Å². The number of rotatable bonds is 5. The topological polar surface area (TPSA) is 67.4 Å². The molecule has 5 heteroatoms. The minimum atomic E-state index is -0.202. The van der Waals surface area contributed by atoms with Crippen LogP contribution in [0.25, 0.3) is 0 Å². The van der Waals surface area contributed by atoms with Gasteiger partial charge in [0.05, 0.1) is 0 Å². The third-order valence-electron chi connectivity index (χ3n) is 4.18. The molecule has 0 radical (unpaired) electrons. The van der Waals surface area contributed by atoms with Crippen molar-refractivity contribution in [2.75, 3.05) is 17.2 Å². The van der Waals surface area contributed by atoms with E-state index in [1.165, 1.54) is 5.56 Å². The molecule has 2 aromatic rings. The van der Waals surface area contributed by atoms with E-state index in [0.29, 0.717) is 24.5 Å². The molecular formula is C20H22N2O3. The van der Waals surface area contributed by atoms with Crippen molar-refractivity contribution in [1.82, 2.24) is 0 Å². The fourth-order valence-corrected chi connectivity index (χ4v) is 2.77. The van der Waals surface area contributed by atoms with E-state index >= 15 is 0 Å². The summed E-state index contributed by atoms with van der Waals surface area (Å²) in [5, 5.41) is 5.68. The third-order valence-corrected chi connectivity index (χ3v) is 4.18. The number of amides is 2. The molecule has 25 heavy (non-hydrogen) atoms. The molecule has 1 aliphatic heterocycles. The molecule has 0 spiro atoms. The molecular weight excluding hydrogens is 316 g/mol. The van der Waals surface area contributed by atoms with Crippen LogP contribution >= 0.6 is 0 Å². The standard InChI is InChI=1S/C20H22N2O3/c1-13(2)14-4-3-5-16(10-14)21-20(24)12-25-17-7-8-18-15(11-17)6-9-19(23)22-18/h3-5,7-8,10-11,13H,6,9,12H2,1-2H3,(H,21,24)(H,22,23). The maximum Gasteiger partial charge on any atom is 0.262 e. The lowest BCUT2D eigenvalue weighted by Crippen LogP contribution is -2.21. The summed E-state index contributed by atoms with van der Waals surface area (Å²) in [6, 6.07) is 13.3. The van der Waals surface area contributed by atoms with Crippen LogP contribution in [0.2, 0.25) is 0 Å². The number of nitrogens with one attached hydrogen (secondary N) is 2. The highest BCUT2D eigenvalue weighted by Crippen LogP contribution is 2.26. The number of carbonyl (C=O) groups is 2. The molecule has 2 amide bonds. The summed E-state index contributed by atoms with van der Waals surface area (Å²) < 4.78 is 5.59. The Hall–Kier alpha value is -2.82. The zero-order valence-electron chi connectivity index (χ0n) is 14.5. The van der Waals surface area contributed by atoms with Crippen LogP contribution in [0, 0.1) is 0 Å². The van der Waals surface area contributed by atoms with Crippen LogP contribution in [0.4, 0.5) is 11.4 Å². The summed E-state index contributed by atoms with van der Waals surface area (Å²) in [5.41, 5.74) is 3.80. The Labute approximate surface area is 147 Å². The number of hydrogen-bond donors (Lipinski definition) is 2. The fourth-order valence-electron chi connectivity index (χ4n) is 2.77. The number of carbonyl (C=O) groups excluding carboxylic acids is 2. The third kappa shape index (κ3) is 4.38. The van der Waals surface area contributed by atoms with Gasteiger partial charge in [-0.3, -0.25) is 9.59 Å². The molecule has 0 fully saturated rings. The van der Waals surface area contributed by atoms with E-state index in [2.05, 4.69) is 24.5 Å². The van der Waals surface area contributed by atoms with E-state index in [9.17, 15) is 9.59 Å². The van der Waals surface area contributed by atoms with Gasteiger partial charge >= 0.3 is 0 Å². The van der Waals surface area contributed by atoms with Crippen LogP contribution in [0.5, 0.6) is 5.75 Å². The zero-order chi connectivity index (χ0) is 17.8. The van der Waals surface area contributed by atoms with Gasteiger partial charge in [-0.1, -0.05) is 26.0 Å². The highest BCUT2D eigenvalue weighted by Gasteiger charge is 2.15. The molecule has 1 heterocycles. The van der Waals surface area contributed by atoms with Gasteiger partial charge in [-0.15, -0.1) is 0 Å². The lowest BCUT2D eigenvalue weighted by molar-refractivity contribution is -0.118. The number of aryl methyl sites for hydroxylation is 1. The second-order valence-corrected chi connectivity index (χ2v) is 6.48. The van der Waals surface area contributed by atoms with Crippen molar-refractivity contribution in [2.24, 2.45) is 0 Å². The van der Waals surface area contributed by atoms with Crippen LogP contribution < -0.4 is 15.4 Å². The first-order valence-corrected chi connectivity index (χ1v) is 8.46. The lowest BCUT2D eigenvalue weighted by atomic mass is 10.0. The molecule has 130 valence electrons. The van der Waals surface area contributed by atoms with Crippen molar-refractivity contribution in [2.45, 2.75) is 32.6 Å². The van der Waals surface area contributed by atoms with E-state index in [-0.39, 0.29) is 18.4 Å². The number of hydrogen-bond acceptors (Lipinski definition) is 3. The molecule has 0 saturated heterocycles. The van der Waals surface area contributed by atoms with Crippen molar-refractivity contribution >= 4 is 23.2 Å². The summed E-state index contributed by atoms with van der Waals surface area (Å²) in [4.78, 5) is 23.5. The maximum atomic E-state index is 12.1. The quantitative estimate of drug-likeness (QED) is 0.873. The van der Waals surface area contributed by atoms with Crippen molar-refractivity contribution in [3.8, 4) is 5.75 Å². The first-order chi connectivity index (χ1) is 12.0. The summed E-state index contributed by atoms with van der Waals surface area (Å²) in [5.74, 6) is 0.862. The minimum Gasteiger partial charge on any atom is -0.484 e. The number of fused-ring (bicyclic) bond motifs is 1. The van der Waals surface area contributed by atoms with Crippen LogP contribution in [-0.4, -0.2) is 18.4 Å². The van der Waals surface area contributed by atoms with Gasteiger partial charge in [0.15, 0.2) is 6.61 Å². The van der Waals surface area contributed by atoms with Crippen molar-refractivity contribution in [3.63, 3.8) is 0 Å². The summed E-state index contributed by atoms with van der Waals surface area (Å²) in [6.07, 6.45) is 1.16. The molecule has 0 bridgehead atoms. The van der Waals surface area contributed by atoms with Gasteiger partial charge < -0.3 is 15.4 Å². The van der Waals surface area contributed by atoms with E-state index in [1.807, 2.05) is 36.4 Å². The largest absolute Gasteiger partial charge is 0.484 e. The van der Waals surface area contributed by atoms with E-state index in [4.69, 9.17) is 4.74 Å². The van der Waals surface area contributed by atoms with E-state index in [1.54, 1.807) is 6.07 Å². The minimum absolute atomic E-state index is 0.0316. The molecule has 0 unspecified atom stereocenters. The molecule has 3 rings (SSSR count). The first-order valence-electron chi connectivity index (χ1n) is 8.46. The average Bonchev–Trinajstić information content (AvgIpc) is 2.60. The van der Waals surface area contributed by atoms with Crippen LogP contribution in [0.1, 0.15) is 37.3 Å². The molecule has 0 saturated carbocycles.